The van der Waals surface area contributed by atoms with Crippen molar-refractivity contribution in [2.24, 2.45) is 5.92 Å². The number of aryl methyl sites for hydroxylation is 2. The van der Waals surface area contributed by atoms with Crippen LogP contribution in [0.4, 0.5) is 5.69 Å². The molecule has 2 amide bonds. The van der Waals surface area contributed by atoms with E-state index in [2.05, 4.69) is 6.07 Å². The van der Waals surface area contributed by atoms with Gasteiger partial charge in [-0.1, -0.05) is 17.7 Å². The predicted molar refractivity (Wildman–Crippen MR) is 84.3 cm³/mol. The monoisotopic (exact) mass is 288 g/mol. The lowest BCUT2D eigenvalue weighted by Crippen LogP contribution is -2.37. The highest BCUT2D eigenvalue weighted by atomic mass is 16.2. The zero-order valence-electron chi connectivity index (χ0n) is 13.3. The van der Waals surface area contributed by atoms with Gasteiger partial charge in [0.1, 0.15) is 0 Å². The third kappa shape index (κ3) is 3.09. The molecule has 114 valence electrons. The average Bonchev–Trinajstić information content (AvgIpc) is 2.82. The lowest BCUT2D eigenvalue weighted by atomic mass is 10.1. The Morgan fingerprint density at radius 1 is 1.29 bits per heavy atom. The van der Waals surface area contributed by atoms with E-state index in [-0.39, 0.29) is 17.7 Å². The molecule has 0 aliphatic carbocycles. The van der Waals surface area contributed by atoms with Crippen LogP contribution in [0.5, 0.6) is 0 Å². The summed E-state index contributed by atoms with van der Waals surface area (Å²) in [6.07, 6.45) is 0.322. The SMILES string of the molecule is CCN(CC)C(=O)C1CC(=O)N(c2ccc(C)cc2C)C1. The molecule has 21 heavy (non-hydrogen) atoms. The molecular weight excluding hydrogens is 264 g/mol. The molecule has 0 N–H and O–H groups in total. The Morgan fingerprint density at radius 3 is 2.52 bits per heavy atom. The van der Waals surface area contributed by atoms with Crippen molar-refractivity contribution >= 4 is 17.5 Å². The van der Waals surface area contributed by atoms with Crippen molar-refractivity contribution in [1.29, 1.82) is 0 Å². The van der Waals surface area contributed by atoms with E-state index in [1.165, 1.54) is 5.56 Å². The Morgan fingerprint density at radius 2 is 1.95 bits per heavy atom. The molecule has 0 aromatic heterocycles. The topological polar surface area (TPSA) is 40.6 Å². The first-order chi connectivity index (χ1) is 9.97. The van der Waals surface area contributed by atoms with Crippen molar-refractivity contribution in [2.75, 3.05) is 24.5 Å². The molecule has 1 atom stereocenters. The summed E-state index contributed by atoms with van der Waals surface area (Å²) in [6, 6.07) is 6.06. The average molecular weight is 288 g/mol. The smallest absolute Gasteiger partial charge is 0.227 e. The second kappa shape index (κ2) is 6.29. The number of rotatable bonds is 4. The van der Waals surface area contributed by atoms with Crippen molar-refractivity contribution in [3.8, 4) is 0 Å². The van der Waals surface area contributed by atoms with Crippen molar-refractivity contribution in [2.45, 2.75) is 34.1 Å². The summed E-state index contributed by atoms with van der Waals surface area (Å²) < 4.78 is 0. The lowest BCUT2D eigenvalue weighted by Gasteiger charge is -2.23. The van der Waals surface area contributed by atoms with Crippen LogP contribution in [0, 0.1) is 19.8 Å². The number of carbonyl (C=O) groups is 2. The number of amides is 2. The molecule has 1 aliphatic rings. The van der Waals surface area contributed by atoms with E-state index >= 15 is 0 Å². The molecule has 0 radical (unpaired) electrons. The van der Waals surface area contributed by atoms with Gasteiger partial charge in [-0.25, -0.2) is 0 Å². The van der Waals surface area contributed by atoms with Gasteiger partial charge in [0.05, 0.1) is 5.92 Å². The van der Waals surface area contributed by atoms with Crippen LogP contribution >= 0.6 is 0 Å². The van der Waals surface area contributed by atoms with Gasteiger partial charge in [0.25, 0.3) is 0 Å². The van der Waals surface area contributed by atoms with E-state index in [9.17, 15) is 9.59 Å². The molecule has 1 heterocycles. The van der Waals surface area contributed by atoms with Gasteiger partial charge in [0.2, 0.25) is 11.8 Å². The highest BCUT2D eigenvalue weighted by molar-refractivity contribution is 6.00. The zero-order chi connectivity index (χ0) is 15.6. The van der Waals surface area contributed by atoms with Crippen molar-refractivity contribution < 1.29 is 9.59 Å². The number of benzene rings is 1. The summed E-state index contributed by atoms with van der Waals surface area (Å²) in [4.78, 5) is 28.3. The van der Waals surface area contributed by atoms with Gasteiger partial charge in [0, 0.05) is 31.7 Å². The van der Waals surface area contributed by atoms with E-state index in [1.807, 2.05) is 44.7 Å². The van der Waals surface area contributed by atoms with Crippen LogP contribution in [0.2, 0.25) is 0 Å². The van der Waals surface area contributed by atoms with Crippen LogP contribution in [-0.2, 0) is 9.59 Å². The quantitative estimate of drug-likeness (QED) is 0.854. The minimum absolute atomic E-state index is 0.0486. The maximum Gasteiger partial charge on any atom is 0.227 e. The van der Waals surface area contributed by atoms with Crippen molar-refractivity contribution in [3.05, 3.63) is 29.3 Å². The highest BCUT2D eigenvalue weighted by Crippen LogP contribution is 2.29. The Bertz CT molecular complexity index is 550. The standard InChI is InChI=1S/C17H24N2O2/c1-5-18(6-2)17(21)14-10-16(20)19(11-14)15-8-7-12(3)9-13(15)4/h7-9,14H,5-6,10-11H2,1-4H3. The van der Waals surface area contributed by atoms with E-state index in [0.29, 0.717) is 26.1 Å². The minimum Gasteiger partial charge on any atom is -0.343 e. The van der Waals surface area contributed by atoms with Crippen LogP contribution in [-0.4, -0.2) is 36.3 Å². The number of hydrogen-bond donors (Lipinski definition) is 0. The summed E-state index contributed by atoms with van der Waals surface area (Å²) >= 11 is 0. The summed E-state index contributed by atoms with van der Waals surface area (Å²) in [7, 11) is 0. The molecule has 1 aromatic rings. The summed E-state index contributed by atoms with van der Waals surface area (Å²) in [5, 5.41) is 0. The number of hydrogen-bond acceptors (Lipinski definition) is 2. The van der Waals surface area contributed by atoms with Crippen molar-refractivity contribution in [3.63, 3.8) is 0 Å². The van der Waals surface area contributed by atoms with E-state index in [4.69, 9.17) is 0 Å². The van der Waals surface area contributed by atoms with Gasteiger partial charge in [-0.05, 0) is 39.3 Å². The molecule has 1 unspecified atom stereocenters. The van der Waals surface area contributed by atoms with Crippen molar-refractivity contribution in [1.82, 2.24) is 4.90 Å². The van der Waals surface area contributed by atoms with Crippen LogP contribution in [0.15, 0.2) is 18.2 Å². The van der Waals surface area contributed by atoms with Crippen LogP contribution in [0.25, 0.3) is 0 Å². The van der Waals surface area contributed by atoms with E-state index in [1.54, 1.807) is 4.90 Å². The first-order valence-corrected chi connectivity index (χ1v) is 7.64. The highest BCUT2D eigenvalue weighted by Gasteiger charge is 2.37. The number of nitrogens with zero attached hydrogens (tertiary/aromatic N) is 2. The van der Waals surface area contributed by atoms with E-state index in [0.717, 1.165) is 11.3 Å². The molecule has 1 aromatic carbocycles. The second-order valence-electron chi connectivity index (χ2n) is 5.71. The largest absolute Gasteiger partial charge is 0.343 e. The number of carbonyl (C=O) groups excluding carboxylic acids is 2. The van der Waals surface area contributed by atoms with Gasteiger partial charge in [-0.2, -0.15) is 0 Å². The fraction of sp³-hybridized carbons (Fsp3) is 0.529. The lowest BCUT2D eigenvalue weighted by molar-refractivity contribution is -0.135. The predicted octanol–water partition coefficient (Wildman–Crippen LogP) is 2.52. The summed E-state index contributed by atoms with van der Waals surface area (Å²) in [5.74, 6) is -0.0637. The molecule has 0 bridgehead atoms. The molecule has 0 saturated carbocycles. The first-order valence-electron chi connectivity index (χ1n) is 7.64. The van der Waals surface area contributed by atoms with Gasteiger partial charge < -0.3 is 9.80 Å². The summed E-state index contributed by atoms with van der Waals surface area (Å²) in [5.41, 5.74) is 3.19. The van der Waals surface area contributed by atoms with E-state index < -0.39 is 0 Å². The molecule has 4 heteroatoms. The molecule has 0 spiro atoms. The molecular formula is C17H24N2O2. The second-order valence-corrected chi connectivity index (χ2v) is 5.71. The Kier molecular flexibility index (Phi) is 4.66. The fourth-order valence-electron chi connectivity index (χ4n) is 3.01. The van der Waals surface area contributed by atoms with Gasteiger partial charge in [0.15, 0.2) is 0 Å². The molecule has 1 saturated heterocycles. The maximum atomic E-state index is 12.4. The van der Waals surface area contributed by atoms with Crippen LogP contribution in [0.3, 0.4) is 0 Å². The van der Waals surface area contributed by atoms with Crippen LogP contribution in [0.1, 0.15) is 31.4 Å². The molecule has 2 rings (SSSR count). The third-order valence-corrected chi connectivity index (χ3v) is 4.19. The first kappa shape index (κ1) is 15.5. The minimum atomic E-state index is -0.210. The zero-order valence-corrected chi connectivity index (χ0v) is 13.3. The maximum absolute atomic E-state index is 12.4. The van der Waals surface area contributed by atoms with Gasteiger partial charge in [-0.3, -0.25) is 9.59 Å². The Balaban J connectivity index is 2.18. The van der Waals surface area contributed by atoms with Crippen LogP contribution < -0.4 is 4.90 Å². The van der Waals surface area contributed by atoms with Gasteiger partial charge in [-0.15, -0.1) is 0 Å². The normalized spacial score (nSPS) is 18.2. The van der Waals surface area contributed by atoms with Gasteiger partial charge >= 0.3 is 0 Å². The fourth-order valence-corrected chi connectivity index (χ4v) is 3.01. The third-order valence-electron chi connectivity index (χ3n) is 4.19. The molecule has 1 fully saturated rings. The number of anilines is 1. The Hall–Kier alpha value is -1.84. The Labute approximate surface area is 126 Å². The molecule has 1 aliphatic heterocycles. The summed E-state index contributed by atoms with van der Waals surface area (Å²) in [6.45, 7) is 9.88. The molecule has 4 nitrogen and oxygen atoms in total.